The third-order valence-electron chi connectivity index (χ3n) is 6.12. The first-order valence-corrected chi connectivity index (χ1v) is 11.7. The average Bonchev–Trinajstić information content (AvgIpc) is 3.24. The van der Waals surface area contributed by atoms with Gasteiger partial charge in [-0.3, -0.25) is 24.4 Å². The predicted molar refractivity (Wildman–Crippen MR) is 131 cm³/mol. The number of aryl methyl sites for hydroxylation is 3. The van der Waals surface area contributed by atoms with Crippen LogP contribution in [-0.2, 0) is 16.0 Å². The van der Waals surface area contributed by atoms with E-state index < -0.39 is 5.91 Å². The van der Waals surface area contributed by atoms with Crippen molar-refractivity contribution >= 4 is 23.1 Å². The maximum absolute atomic E-state index is 13.7. The molecule has 4 rings (SSSR count). The highest BCUT2D eigenvalue weighted by molar-refractivity contribution is 6.44. The summed E-state index contributed by atoms with van der Waals surface area (Å²) in [5, 5.41) is 3.21. The minimum atomic E-state index is -0.423. The summed E-state index contributed by atoms with van der Waals surface area (Å²) in [6.45, 7) is 10.2. The van der Waals surface area contributed by atoms with Gasteiger partial charge in [0.05, 0.1) is 11.3 Å². The minimum absolute atomic E-state index is 0.0977. The van der Waals surface area contributed by atoms with Gasteiger partial charge in [0.1, 0.15) is 5.57 Å². The van der Waals surface area contributed by atoms with Crippen LogP contribution >= 0.6 is 0 Å². The number of rotatable bonds is 7. The third-order valence-corrected chi connectivity index (χ3v) is 6.12. The maximum atomic E-state index is 13.7. The highest BCUT2D eigenvalue weighted by atomic mass is 16.2. The molecular weight excluding hydrogens is 428 g/mol. The zero-order chi connectivity index (χ0) is 24.6. The summed E-state index contributed by atoms with van der Waals surface area (Å²) in [4.78, 5) is 42.3. The van der Waals surface area contributed by atoms with Gasteiger partial charge in [0.25, 0.3) is 17.2 Å². The van der Waals surface area contributed by atoms with Gasteiger partial charge >= 0.3 is 5.91 Å². The van der Waals surface area contributed by atoms with Crippen molar-refractivity contribution in [3.05, 3.63) is 81.5 Å². The molecule has 0 saturated heterocycles. The molecule has 2 amide bonds. The Kier molecular flexibility index (Phi) is 6.37. The van der Waals surface area contributed by atoms with Crippen LogP contribution in [0.4, 0.5) is 0 Å². The molecule has 1 aliphatic rings. The third kappa shape index (κ3) is 4.02. The number of nitrogens with zero attached hydrogens (tertiary/aromatic N) is 3. The summed E-state index contributed by atoms with van der Waals surface area (Å²) >= 11 is 0. The fourth-order valence-electron chi connectivity index (χ4n) is 4.31. The molecule has 7 nitrogen and oxygen atoms in total. The smallest absolute Gasteiger partial charge is 0.294 e. The Morgan fingerprint density at radius 2 is 1.68 bits per heavy atom. The fraction of sp³-hybridized carbons (Fsp3) is 0.333. The Bertz CT molecular complexity index is 1350. The van der Waals surface area contributed by atoms with E-state index in [1.165, 1.54) is 9.58 Å². The lowest BCUT2D eigenvalue weighted by Crippen LogP contribution is -2.41. The number of imide groups is 1. The van der Waals surface area contributed by atoms with Crippen molar-refractivity contribution in [2.75, 3.05) is 6.54 Å². The van der Waals surface area contributed by atoms with E-state index in [1.807, 2.05) is 77.2 Å². The van der Waals surface area contributed by atoms with Crippen molar-refractivity contribution in [3.8, 4) is 5.69 Å². The molecule has 0 bridgehead atoms. The van der Waals surface area contributed by atoms with Crippen LogP contribution in [0, 0.1) is 19.8 Å². The molecule has 1 N–H and O–H groups in total. The topological polar surface area (TPSA) is 79.1 Å². The predicted octanol–water partition coefficient (Wildman–Crippen LogP) is 3.42. The van der Waals surface area contributed by atoms with Gasteiger partial charge in [-0.15, -0.1) is 0 Å². The van der Waals surface area contributed by atoms with Gasteiger partial charge in [-0.1, -0.05) is 45.4 Å². The first-order valence-electron chi connectivity index (χ1n) is 11.7. The lowest BCUT2D eigenvalue weighted by atomic mass is 10.0. The van der Waals surface area contributed by atoms with E-state index in [4.69, 9.17) is 0 Å². The second-order valence-corrected chi connectivity index (χ2v) is 9.25. The number of amides is 2. The van der Waals surface area contributed by atoms with E-state index in [-0.39, 0.29) is 40.8 Å². The van der Waals surface area contributed by atoms with Crippen molar-refractivity contribution in [2.24, 2.45) is 5.92 Å². The SMILES string of the molecule is CCCc1[nH]n(-c2ccccc2)c(=O)c1C1=C([n+]2ccc(C)c(C)c2)C(=O)N(CC(C)C)C1=O. The monoisotopic (exact) mass is 459 g/mol. The van der Waals surface area contributed by atoms with Crippen molar-refractivity contribution in [1.82, 2.24) is 14.7 Å². The molecule has 0 spiro atoms. The summed E-state index contributed by atoms with van der Waals surface area (Å²) in [6, 6.07) is 11.2. The minimum Gasteiger partial charge on any atom is -0.294 e. The number of carbonyl (C=O) groups excluding carboxylic acids is 2. The van der Waals surface area contributed by atoms with Crippen LogP contribution in [0.2, 0.25) is 0 Å². The molecule has 7 heteroatoms. The number of pyridine rings is 1. The molecule has 3 heterocycles. The molecular formula is C27H31N4O3+. The second-order valence-electron chi connectivity index (χ2n) is 9.25. The number of hydrogen-bond donors (Lipinski definition) is 1. The maximum Gasteiger partial charge on any atom is 0.326 e. The first kappa shape index (κ1) is 23.4. The van der Waals surface area contributed by atoms with Gasteiger partial charge in [-0.2, -0.15) is 4.57 Å². The number of hydrogen-bond acceptors (Lipinski definition) is 3. The molecule has 0 saturated carbocycles. The van der Waals surface area contributed by atoms with Crippen molar-refractivity contribution in [3.63, 3.8) is 0 Å². The van der Waals surface area contributed by atoms with Crippen LogP contribution in [0.15, 0.2) is 53.6 Å². The Balaban J connectivity index is 2.01. The number of H-pyrrole nitrogens is 1. The Morgan fingerprint density at radius 3 is 2.29 bits per heavy atom. The molecule has 0 atom stereocenters. The van der Waals surface area contributed by atoms with E-state index in [1.54, 1.807) is 10.8 Å². The highest BCUT2D eigenvalue weighted by Crippen LogP contribution is 2.31. The quantitative estimate of drug-likeness (QED) is 0.434. The van der Waals surface area contributed by atoms with Crippen LogP contribution in [0.1, 0.15) is 49.6 Å². The van der Waals surface area contributed by atoms with Crippen molar-refractivity contribution in [2.45, 2.75) is 47.5 Å². The number of para-hydroxylation sites is 1. The van der Waals surface area contributed by atoms with E-state index >= 15 is 0 Å². The van der Waals surface area contributed by atoms with Gasteiger partial charge in [0, 0.05) is 23.9 Å². The second kappa shape index (κ2) is 9.25. The molecule has 0 fully saturated rings. The molecule has 0 radical (unpaired) electrons. The number of aromatic nitrogens is 3. The van der Waals surface area contributed by atoms with Crippen molar-refractivity contribution in [1.29, 1.82) is 0 Å². The normalized spacial score (nSPS) is 14.1. The molecule has 176 valence electrons. The molecule has 3 aromatic rings. The van der Waals surface area contributed by atoms with Crippen LogP contribution in [0.5, 0.6) is 0 Å². The van der Waals surface area contributed by atoms with E-state index in [2.05, 4.69) is 5.10 Å². The van der Waals surface area contributed by atoms with Crippen LogP contribution in [0.25, 0.3) is 17.0 Å². The van der Waals surface area contributed by atoms with Crippen LogP contribution in [0.3, 0.4) is 0 Å². The lowest BCUT2D eigenvalue weighted by molar-refractivity contribution is -0.577. The van der Waals surface area contributed by atoms with Gasteiger partial charge < -0.3 is 0 Å². The number of benzene rings is 1. The number of nitrogens with one attached hydrogen (secondary N) is 1. The van der Waals surface area contributed by atoms with Gasteiger partial charge in [-0.25, -0.2) is 4.68 Å². The van der Waals surface area contributed by atoms with Gasteiger partial charge in [-0.05, 0) is 43.9 Å². The van der Waals surface area contributed by atoms with E-state index in [0.717, 1.165) is 17.5 Å². The standard InChI is InChI=1S/C27H30N4O3/c1-6-10-21-22(26(33)31(28-21)20-11-8-7-9-12-20)23-24(29-14-13-18(4)19(5)16-29)27(34)30(25(23)32)15-17(2)3/h7-9,11-14,16-17H,6,10,15H2,1-5H3/p+1. The Hall–Kier alpha value is -3.74. The van der Waals surface area contributed by atoms with Crippen LogP contribution in [-0.4, -0.2) is 33.0 Å². The molecule has 0 unspecified atom stereocenters. The van der Waals surface area contributed by atoms with Crippen molar-refractivity contribution < 1.29 is 14.2 Å². The van der Waals surface area contributed by atoms with E-state index in [9.17, 15) is 14.4 Å². The summed E-state index contributed by atoms with van der Waals surface area (Å²) in [7, 11) is 0. The molecule has 1 aromatic carbocycles. The number of carbonyl (C=O) groups is 2. The zero-order valence-electron chi connectivity index (χ0n) is 20.4. The highest BCUT2D eigenvalue weighted by Gasteiger charge is 2.47. The average molecular weight is 460 g/mol. The van der Waals surface area contributed by atoms with E-state index in [0.29, 0.717) is 17.8 Å². The zero-order valence-corrected chi connectivity index (χ0v) is 20.4. The molecule has 2 aromatic heterocycles. The largest absolute Gasteiger partial charge is 0.326 e. The number of aromatic amines is 1. The molecule has 0 aliphatic carbocycles. The summed E-state index contributed by atoms with van der Waals surface area (Å²) < 4.78 is 3.14. The van der Waals surface area contributed by atoms with Gasteiger partial charge in [0.2, 0.25) is 0 Å². The van der Waals surface area contributed by atoms with Crippen LogP contribution < -0.4 is 10.1 Å². The van der Waals surface area contributed by atoms with Gasteiger partial charge in [0.15, 0.2) is 12.4 Å². The molecule has 34 heavy (non-hydrogen) atoms. The Labute approximate surface area is 199 Å². The Morgan fingerprint density at radius 1 is 0.971 bits per heavy atom. The summed E-state index contributed by atoms with van der Waals surface area (Å²) in [5.74, 6) is -0.704. The molecule has 1 aliphatic heterocycles. The summed E-state index contributed by atoms with van der Waals surface area (Å²) in [5.41, 5.74) is 3.72. The first-order chi connectivity index (χ1) is 16.2. The lowest BCUT2D eigenvalue weighted by Gasteiger charge is -2.16. The summed E-state index contributed by atoms with van der Waals surface area (Å²) in [6.07, 6.45) is 4.98. The fourth-order valence-corrected chi connectivity index (χ4v) is 4.31.